The molecule has 3 nitrogen and oxygen atoms in total. The van der Waals surface area contributed by atoms with Gasteiger partial charge in [-0.3, -0.25) is 0 Å². The fraction of sp³-hybridized carbons (Fsp3) is 0.571. The first-order valence-corrected chi connectivity index (χ1v) is 6.70. The molecule has 1 saturated carbocycles. The predicted molar refractivity (Wildman–Crippen MR) is 70.5 cm³/mol. The van der Waals surface area contributed by atoms with Gasteiger partial charge in [0.05, 0.1) is 0 Å². The Kier molecular flexibility index (Phi) is 4.88. The average Bonchev–Trinajstić information content (AvgIpc) is 3.18. The lowest BCUT2D eigenvalue weighted by Crippen LogP contribution is -2.30. The first-order valence-electron chi connectivity index (χ1n) is 6.70. The van der Waals surface area contributed by atoms with Gasteiger partial charge in [-0.05, 0) is 37.6 Å². The van der Waals surface area contributed by atoms with Gasteiger partial charge in [0.25, 0.3) is 0 Å². The number of benzene rings is 1. The van der Waals surface area contributed by atoms with Crippen LogP contribution in [0, 0.1) is 0 Å². The number of nitrogens with one attached hydrogen (secondary N) is 1. The Morgan fingerprint density at radius 2 is 1.90 bits per heavy atom. The Bertz CT molecular complexity index is 415. The molecule has 0 aliphatic heterocycles. The van der Waals surface area contributed by atoms with E-state index < -0.39 is 6.36 Å². The molecule has 112 valence electrons. The van der Waals surface area contributed by atoms with Crippen molar-refractivity contribution < 1.29 is 17.9 Å². The van der Waals surface area contributed by atoms with E-state index >= 15 is 0 Å². The summed E-state index contributed by atoms with van der Waals surface area (Å²) in [6.07, 6.45) is -2.05. The van der Waals surface area contributed by atoms with E-state index in [0.717, 1.165) is 24.7 Å². The van der Waals surface area contributed by atoms with E-state index in [-0.39, 0.29) is 5.75 Å². The number of nitrogens with zero attached hydrogens (tertiary/aromatic N) is 1. The molecule has 0 saturated heterocycles. The topological polar surface area (TPSA) is 24.5 Å². The van der Waals surface area contributed by atoms with Crippen LogP contribution in [0.15, 0.2) is 24.3 Å². The van der Waals surface area contributed by atoms with Crippen molar-refractivity contribution >= 4 is 0 Å². The van der Waals surface area contributed by atoms with Crippen LogP contribution in [0.2, 0.25) is 0 Å². The quantitative estimate of drug-likeness (QED) is 0.781. The second kappa shape index (κ2) is 6.45. The zero-order chi connectivity index (χ0) is 14.6. The summed E-state index contributed by atoms with van der Waals surface area (Å²) in [5, 5.41) is 3.28. The van der Waals surface area contributed by atoms with Gasteiger partial charge < -0.3 is 15.0 Å². The highest BCUT2D eigenvalue weighted by molar-refractivity contribution is 5.27. The van der Waals surface area contributed by atoms with Gasteiger partial charge in [-0.1, -0.05) is 12.1 Å². The lowest BCUT2D eigenvalue weighted by Gasteiger charge is -2.15. The lowest BCUT2D eigenvalue weighted by molar-refractivity contribution is -0.274. The number of alkyl halides is 3. The monoisotopic (exact) mass is 288 g/mol. The van der Waals surface area contributed by atoms with Gasteiger partial charge in [-0.15, -0.1) is 13.2 Å². The minimum absolute atomic E-state index is 0.185. The summed E-state index contributed by atoms with van der Waals surface area (Å²) in [6, 6.07) is 6.69. The molecule has 0 heterocycles. The second-order valence-electron chi connectivity index (χ2n) is 5.08. The van der Waals surface area contributed by atoms with Crippen LogP contribution in [0.5, 0.6) is 5.75 Å². The molecule has 0 atom stereocenters. The van der Waals surface area contributed by atoms with Gasteiger partial charge in [-0.25, -0.2) is 0 Å². The number of rotatable bonds is 7. The van der Waals surface area contributed by atoms with Crippen LogP contribution in [0.1, 0.15) is 18.4 Å². The van der Waals surface area contributed by atoms with Gasteiger partial charge in [0, 0.05) is 25.7 Å². The average molecular weight is 288 g/mol. The van der Waals surface area contributed by atoms with E-state index in [1.807, 2.05) is 0 Å². The maximum absolute atomic E-state index is 12.0. The summed E-state index contributed by atoms with van der Waals surface area (Å²) < 4.78 is 39.8. The first kappa shape index (κ1) is 15.1. The number of ether oxygens (including phenoxy) is 1. The normalized spacial score (nSPS) is 15.7. The van der Waals surface area contributed by atoms with Crippen LogP contribution in [0.3, 0.4) is 0 Å². The lowest BCUT2D eigenvalue weighted by atomic mass is 10.2. The Labute approximate surface area is 116 Å². The zero-order valence-electron chi connectivity index (χ0n) is 11.4. The molecule has 1 aromatic carbocycles. The summed E-state index contributed by atoms with van der Waals surface area (Å²) in [7, 11) is 2.11. The molecule has 2 rings (SSSR count). The van der Waals surface area contributed by atoms with Gasteiger partial charge in [0.15, 0.2) is 0 Å². The highest BCUT2D eigenvalue weighted by atomic mass is 19.4. The van der Waals surface area contributed by atoms with E-state index in [4.69, 9.17) is 0 Å². The molecular formula is C14H19F3N2O. The van der Waals surface area contributed by atoms with Crippen LogP contribution >= 0.6 is 0 Å². The van der Waals surface area contributed by atoms with Crippen molar-refractivity contribution in [2.24, 2.45) is 0 Å². The first-order chi connectivity index (χ1) is 9.44. The standard InChI is InChI=1S/C14H19F3N2O/c1-19(12-4-5-12)9-8-18-10-11-2-6-13(7-3-11)20-14(15,16)17/h2-3,6-7,12,18H,4-5,8-10H2,1H3. The minimum atomic E-state index is -4.63. The van der Waals surface area contributed by atoms with Crippen LogP contribution in [0.4, 0.5) is 13.2 Å². The SMILES string of the molecule is CN(CCNCc1ccc(OC(F)(F)F)cc1)C1CC1. The van der Waals surface area contributed by atoms with Crippen molar-refractivity contribution in [3.05, 3.63) is 29.8 Å². The molecule has 1 fully saturated rings. The molecule has 1 aromatic rings. The Balaban J connectivity index is 1.68. The van der Waals surface area contributed by atoms with Crippen molar-refractivity contribution in [3.63, 3.8) is 0 Å². The summed E-state index contributed by atoms with van der Waals surface area (Å²) in [5.41, 5.74) is 0.939. The minimum Gasteiger partial charge on any atom is -0.406 e. The molecule has 0 unspecified atom stereocenters. The predicted octanol–water partition coefficient (Wildman–Crippen LogP) is 2.77. The number of halogens is 3. The molecule has 0 aromatic heterocycles. The van der Waals surface area contributed by atoms with E-state index in [2.05, 4.69) is 22.0 Å². The van der Waals surface area contributed by atoms with Crippen LogP contribution in [-0.4, -0.2) is 37.4 Å². The third kappa shape index (κ3) is 5.38. The summed E-state index contributed by atoms with van der Waals surface area (Å²) in [5.74, 6) is -0.185. The molecule has 6 heteroatoms. The second-order valence-corrected chi connectivity index (χ2v) is 5.08. The van der Waals surface area contributed by atoms with Crippen molar-refractivity contribution in [1.82, 2.24) is 10.2 Å². The van der Waals surface area contributed by atoms with E-state index in [1.165, 1.54) is 25.0 Å². The maximum Gasteiger partial charge on any atom is 0.573 e. The van der Waals surface area contributed by atoms with E-state index in [9.17, 15) is 13.2 Å². The molecule has 0 bridgehead atoms. The highest BCUT2D eigenvalue weighted by Gasteiger charge is 2.30. The largest absolute Gasteiger partial charge is 0.573 e. The third-order valence-electron chi connectivity index (χ3n) is 3.30. The molecule has 1 aliphatic carbocycles. The molecule has 1 N–H and O–H groups in total. The van der Waals surface area contributed by atoms with Crippen molar-refractivity contribution in [3.8, 4) is 5.75 Å². The van der Waals surface area contributed by atoms with Crippen LogP contribution < -0.4 is 10.1 Å². The molecule has 1 aliphatic rings. The van der Waals surface area contributed by atoms with Gasteiger partial charge in [0.2, 0.25) is 0 Å². The van der Waals surface area contributed by atoms with Crippen molar-refractivity contribution in [2.45, 2.75) is 31.8 Å². The van der Waals surface area contributed by atoms with E-state index in [1.54, 1.807) is 12.1 Å². The molecule has 0 radical (unpaired) electrons. The third-order valence-corrected chi connectivity index (χ3v) is 3.30. The van der Waals surface area contributed by atoms with Crippen LogP contribution in [0.25, 0.3) is 0 Å². The van der Waals surface area contributed by atoms with E-state index in [0.29, 0.717) is 6.54 Å². The molecule has 0 amide bonds. The van der Waals surface area contributed by atoms with Crippen LogP contribution in [-0.2, 0) is 6.54 Å². The number of hydrogen-bond donors (Lipinski definition) is 1. The Morgan fingerprint density at radius 1 is 1.25 bits per heavy atom. The zero-order valence-corrected chi connectivity index (χ0v) is 11.4. The smallest absolute Gasteiger partial charge is 0.406 e. The van der Waals surface area contributed by atoms with Crippen molar-refractivity contribution in [1.29, 1.82) is 0 Å². The fourth-order valence-electron chi connectivity index (χ4n) is 1.99. The molecule has 20 heavy (non-hydrogen) atoms. The number of hydrogen-bond acceptors (Lipinski definition) is 3. The summed E-state index contributed by atoms with van der Waals surface area (Å²) in [6.45, 7) is 2.50. The summed E-state index contributed by atoms with van der Waals surface area (Å²) in [4.78, 5) is 2.33. The maximum atomic E-state index is 12.0. The van der Waals surface area contributed by atoms with Gasteiger partial charge >= 0.3 is 6.36 Å². The molecule has 0 spiro atoms. The Hall–Kier alpha value is -1.27. The highest BCUT2D eigenvalue weighted by Crippen LogP contribution is 2.24. The number of likely N-dealkylation sites (N-methyl/N-ethyl adjacent to an activating group) is 1. The molecular weight excluding hydrogens is 269 g/mol. The summed E-state index contributed by atoms with van der Waals surface area (Å²) >= 11 is 0. The van der Waals surface area contributed by atoms with Gasteiger partial charge in [-0.2, -0.15) is 0 Å². The van der Waals surface area contributed by atoms with Gasteiger partial charge in [0.1, 0.15) is 5.75 Å². The Morgan fingerprint density at radius 3 is 2.45 bits per heavy atom. The fourth-order valence-corrected chi connectivity index (χ4v) is 1.99. The van der Waals surface area contributed by atoms with Crippen molar-refractivity contribution in [2.75, 3.05) is 20.1 Å².